The summed E-state index contributed by atoms with van der Waals surface area (Å²) in [5, 5.41) is 10.2. The normalized spacial score (nSPS) is 39.9. The zero-order valence-electron chi connectivity index (χ0n) is 22.6. The lowest BCUT2D eigenvalue weighted by Gasteiger charge is -2.56. The van der Waals surface area contributed by atoms with E-state index in [1.807, 2.05) is 0 Å². The van der Waals surface area contributed by atoms with E-state index in [-0.39, 0.29) is 40.7 Å². The highest BCUT2D eigenvalue weighted by Crippen LogP contribution is 2.62. The summed E-state index contributed by atoms with van der Waals surface area (Å²) in [4.78, 5) is 12.2. The predicted octanol–water partition coefficient (Wildman–Crippen LogP) is 6.88. The Kier molecular flexibility index (Phi) is 7.69. The van der Waals surface area contributed by atoms with Crippen LogP contribution in [0.1, 0.15) is 92.9 Å². The lowest BCUT2D eigenvalue weighted by molar-refractivity contribution is -0.173. The maximum atomic E-state index is 12.2. The Bertz CT molecular complexity index is 741. The van der Waals surface area contributed by atoms with Crippen molar-refractivity contribution < 1.29 is 19.1 Å². The van der Waals surface area contributed by atoms with E-state index in [9.17, 15) is 9.90 Å². The largest absolute Gasteiger partial charge is 0.462 e. The van der Waals surface area contributed by atoms with Gasteiger partial charge in [0.1, 0.15) is 6.10 Å². The van der Waals surface area contributed by atoms with E-state index in [0.717, 1.165) is 51.4 Å². The maximum Gasteiger partial charge on any atom is 0.302 e. The van der Waals surface area contributed by atoms with Crippen molar-refractivity contribution in [3.63, 3.8) is 0 Å². The monoisotopic (exact) mass is 478 g/mol. The first kappa shape index (κ1) is 26.9. The van der Waals surface area contributed by atoms with E-state index in [1.54, 1.807) is 6.92 Å². The number of rotatable bonds is 6. The van der Waals surface area contributed by atoms with Crippen molar-refractivity contribution in [1.29, 1.82) is 0 Å². The fourth-order valence-electron chi connectivity index (χ4n) is 7.22. The molecule has 3 aliphatic rings. The predicted molar refractivity (Wildman–Crippen MR) is 137 cm³/mol. The summed E-state index contributed by atoms with van der Waals surface area (Å²) < 4.78 is 13.0. The summed E-state index contributed by atoms with van der Waals surface area (Å²) in [6.45, 7) is 22.5. The van der Waals surface area contributed by atoms with Gasteiger partial charge in [-0.05, 0) is 86.2 Å². The van der Waals surface area contributed by atoms with Gasteiger partial charge in [0.25, 0.3) is 0 Å². The molecule has 0 aromatic heterocycles. The van der Waals surface area contributed by atoms with Crippen LogP contribution >= 0.6 is 0 Å². The number of aliphatic hydroxyl groups excluding tert-OH is 1. The molecule has 3 rings (SSSR count). The molecule has 7 atom stereocenters. The molecule has 5 heteroatoms. The molecule has 0 saturated heterocycles. The third kappa shape index (κ3) is 5.02. The Hall–Kier alpha value is -0.653. The molecule has 33 heavy (non-hydrogen) atoms. The summed E-state index contributed by atoms with van der Waals surface area (Å²) >= 11 is 0. The van der Waals surface area contributed by atoms with Crippen LogP contribution in [0.5, 0.6) is 0 Å². The molecule has 0 aromatic rings. The highest BCUT2D eigenvalue weighted by Gasteiger charge is 2.58. The quantitative estimate of drug-likeness (QED) is 0.257. The van der Waals surface area contributed by atoms with Crippen LogP contribution in [0.15, 0.2) is 12.2 Å². The van der Waals surface area contributed by atoms with Crippen molar-refractivity contribution in [1.82, 2.24) is 0 Å². The number of hydrogen-bond donors (Lipinski definition) is 1. The highest BCUT2D eigenvalue weighted by molar-refractivity contribution is 6.74. The van der Waals surface area contributed by atoms with Crippen LogP contribution in [0.2, 0.25) is 18.1 Å². The lowest BCUT2D eigenvalue weighted by atomic mass is 9.51. The molecule has 0 heterocycles. The molecule has 3 saturated carbocycles. The van der Waals surface area contributed by atoms with Crippen molar-refractivity contribution in [3.05, 3.63) is 12.2 Å². The summed E-state index contributed by atoms with van der Waals surface area (Å²) in [7, 11) is -1.84. The van der Waals surface area contributed by atoms with Crippen LogP contribution in [0.4, 0.5) is 0 Å². The number of carbonyl (C=O) groups excluding carboxylic acids is 1. The molecule has 0 aliphatic heterocycles. The van der Waals surface area contributed by atoms with E-state index in [0.29, 0.717) is 17.8 Å². The van der Waals surface area contributed by atoms with Gasteiger partial charge in [-0.15, -0.1) is 0 Å². The molecular weight excluding hydrogens is 428 g/mol. The number of hydrogen-bond acceptors (Lipinski definition) is 4. The fraction of sp³-hybridized carbons (Fsp3) is 0.893. The van der Waals surface area contributed by atoms with Crippen LogP contribution in [0.3, 0.4) is 0 Å². The average molecular weight is 479 g/mol. The molecule has 0 radical (unpaired) electrons. The SMILES string of the molecule is C=C1CCC2[C@H](OC(C)=O)C([C@@]3(C)CCC(O[Si](C)(C)C(C)(C)C)C[C@@H]3CCO)CC[C@]12C. The second-order valence-corrected chi connectivity index (χ2v) is 18.1. The van der Waals surface area contributed by atoms with Crippen LogP contribution in [-0.4, -0.2) is 38.2 Å². The first-order valence-corrected chi connectivity index (χ1v) is 16.2. The molecular formula is C28H50O4Si. The summed E-state index contributed by atoms with van der Waals surface area (Å²) in [6, 6.07) is 0. The van der Waals surface area contributed by atoms with Crippen LogP contribution in [0, 0.1) is 28.6 Å². The second kappa shape index (κ2) is 9.42. The van der Waals surface area contributed by atoms with Gasteiger partial charge in [-0.2, -0.15) is 0 Å². The average Bonchev–Trinajstić information content (AvgIpc) is 2.99. The minimum Gasteiger partial charge on any atom is -0.462 e. The molecule has 3 unspecified atom stereocenters. The van der Waals surface area contributed by atoms with E-state index < -0.39 is 8.32 Å². The third-order valence-electron chi connectivity index (χ3n) is 10.5. The second-order valence-electron chi connectivity index (χ2n) is 13.4. The Morgan fingerprint density at radius 2 is 1.82 bits per heavy atom. The van der Waals surface area contributed by atoms with Gasteiger partial charge in [-0.25, -0.2) is 0 Å². The number of aliphatic hydroxyl groups is 1. The Morgan fingerprint density at radius 3 is 2.39 bits per heavy atom. The van der Waals surface area contributed by atoms with Gasteiger partial charge in [-0.3, -0.25) is 4.79 Å². The van der Waals surface area contributed by atoms with Crippen molar-refractivity contribution in [2.45, 2.75) is 123 Å². The first-order chi connectivity index (χ1) is 15.2. The molecule has 0 bridgehead atoms. The Labute approximate surface area is 204 Å². The number of carbonyl (C=O) groups is 1. The van der Waals surface area contributed by atoms with E-state index in [4.69, 9.17) is 9.16 Å². The molecule has 3 aliphatic carbocycles. The Balaban J connectivity index is 1.86. The molecule has 0 aromatic carbocycles. The van der Waals surface area contributed by atoms with Crippen molar-refractivity contribution in [2.24, 2.45) is 28.6 Å². The summed E-state index contributed by atoms with van der Waals surface area (Å²) in [5.41, 5.74) is 1.47. The minimum atomic E-state index is -1.84. The van der Waals surface area contributed by atoms with Crippen LogP contribution in [-0.2, 0) is 14.0 Å². The standard InChI is InChI=1S/C28H50O4Si/c1-19-10-11-23-25(31-20(2)30)24(13-16-27(19,23)6)28(7)15-12-22(18-21(28)14-17-29)32-33(8,9)26(3,4)5/h21-25,29H,1,10-18H2,2-9H3/t21-,22?,23?,24?,25-,27+,28-/m0/s1. The number of allylic oxidation sites excluding steroid dienone is 1. The maximum absolute atomic E-state index is 12.2. The fourth-order valence-corrected chi connectivity index (χ4v) is 8.62. The molecule has 3 fully saturated rings. The molecule has 4 nitrogen and oxygen atoms in total. The lowest BCUT2D eigenvalue weighted by Crippen LogP contribution is -2.55. The van der Waals surface area contributed by atoms with Crippen LogP contribution in [0.25, 0.3) is 0 Å². The minimum absolute atomic E-state index is 0.0430. The number of fused-ring (bicyclic) bond motifs is 1. The van der Waals surface area contributed by atoms with Gasteiger partial charge in [0, 0.05) is 31.5 Å². The van der Waals surface area contributed by atoms with Gasteiger partial charge in [0.2, 0.25) is 0 Å². The van der Waals surface area contributed by atoms with Gasteiger partial charge >= 0.3 is 5.97 Å². The van der Waals surface area contributed by atoms with Gasteiger partial charge < -0.3 is 14.3 Å². The molecule has 0 spiro atoms. The highest BCUT2D eigenvalue weighted by atomic mass is 28.4. The van der Waals surface area contributed by atoms with E-state index in [1.165, 1.54) is 5.57 Å². The third-order valence-corrected chi connectivity index (χ3v) is 15.1. The van der Waals surface area contributed by atoms with Crippen molar-refractivity contribution in [3.8, 4) is 0 Å². The van der Waals surface area contributed by atoms with E-state index >= 15 is 0 Å². The summed E-state index contributed by atoms with van der Waals surface area (Å²) in [5.74, 6) is 0.906. The number of ether oxygens (including phenoxy) is 1. The van der Waals surface area contributed by atoms with Gasteiger partial charge in [0.05, 0.1) is 0 Å². The molecule has 190 valence electrons. The topological polar surface area (TPSA) is 55.8 Å². The van der Waals surface area contributed by atoms with Gasteiger partial charge in [-0.1, -0.05) is 46.8 Å². The Morgan fingerprint density at radius 1 is 1.15 bits per heavy atom. The first-order valence-electron chi connectivity index (χ1n) is 13.3. The molecule has 0 amide bonds. The summed E-state index contributed by atoms with van der Waals surface area (Å²) in [6.07, 6.45) is 8.46. The van der Waals surface area contributed by atoms with Crippen molar-refractivity contribution >= 4 is 14.3 Å². The smallest absolute Gasteiger partial charge is 0.302 e. The zero-order chi connectivity index (χ0) is 24.8. The molecule has 1 N–H and O–H groups in total. The van der Waals surface area contributed by atoms with Crippen molar-refractivity contribution in [2.75, 3.05) is 6.61 Å². The zero-order valence-corrected chi connectivity index (χ0v) is 23.6. The van der Waals surface area contributed by atoms with E-state index in [2.05, 4.69) is 54.3 Å². The number of esters is 1. The van der Waals surface area contributed by atoms with Gasteiger partial charge in [0.15, 0.2) is 8.32 Å². The van der Waals surface area contributed by atoms with Crippen LogP contribution < -0.4 is 0 Å².